The van der Waals surface area contributed by atoms with E-state index in [2.05, 4.69) is 27.6 Å². The van der Waals surface area contributed by atoms with Gasteiger partial charge in [0, 0.05) is 18.5 Å². The van der Waals surface area contributed by atoms with E-state index in [1.807, 2.05) is 12.1 Å². The molecule has 2 aromatic rings. The van der Waals surface area contributed by atoms with E-state index in [1.165, 1.54) is 31.2 Å². The number of nitrogens with zero attached hydrogens (tertiary/aromatic N) is 2. The second-order valence-corrected chi connectivity index (χ2v) is 5.91. The third-order valence-corrected chi connectivity index (χ3v) is 3.88. The van der Waals surface area contributed by atoms with Crippen LogP contribution in [0.2, 0.25) is 0 Å². The van der Waals surface area contributed by atoms with Crippen LogP contribution in [-0.2, 0) is 13.2 Å². The summed E-state index contributed by atoms with van der Waals surface area (Å²) in [6.45, 7) is 1.26. The number of hydrogen-bond donors (Lipinski definition) is 1. The van der Waals surface area contributed by atoms with Gasteiger partial charge in [-0.1, -0.05) is 17.3 Å². The molecule has 2 aliphatic carbocycles. The fourth-order valence-electron chi connectivity index (χ4n) is 2.23. The zero-order valence-corrected chi connectivity index (χ0v) is 11.9. The molecule has 2 aliphatic rings. The lowest BCUT2D eigenvalue weighted by Gasteiger charge is -2.06. The minimum atomic E-state index is 0.333. The van der Waals surface area contributed by atoms with Gasteiger partial charge in [0.1, 0.15) is 5.75 Å². The summed E-state index contributed by atoms with van der Waals surface area (Å²) in [6, 6.07) is 8.89. The van der Waals surface area contributed by atoms with Crippen molar-refractivity contribution in [2.45, 2.75) is 50.8 Å². The average molecular weight is 285 g/mol. The molecular weight excluding hydrogens is 266 g/mol. The molecule has 2 fully saturated rings. The van der Waals surface area contributed by atoms with Gasteiger partial charge in [-0.2, -0.15) is 4.98 Å². The number of benzene rings is 1. The van der Waals surface area contributed by atoms with Crippen molar-refractivity contribution in [3.05, 3.63) is 41.5 Å². The van der Waals surface area contributed by atoms with Gasteiger partial charge in [-0.3, -0.25) is 0 Å². The van der Waals surface area contributed by atoms with Gasteiger partial charge in [0.2, 0.25) is 0 Å². The number of aromatic nitrogens is 2. The molecule has 21 heavy (non-hydrogen) atoms. The monoisotopic (exact) mass is 285 g/mol. The molecule has 0 unspecified atom stereocenters. The van der Waals surface area contributed by atoms with E-state index in [0.29, 0.717) is 18.4 Å². The highest BCUT2D eigenvalue weighted by molar-refractivity contribution is 5.27. The molecule has 0 atom stereocenters. The molecular formula is C16H19N3O2. The number of rotatable bonds is 7. The maximum absolute atomic E-state index is 5.68. The Morgan fingerprint density at radius 2 is 1.95 bits per heavy atom. The third kappa shape index (κ3) is 3.42. The molecule has 5 heteroatoms. The Kier molecular flexibility index (Phi) is 3.35. The minimum absolute atomic E-state index is 0.333. The van der Waals surface area contributed by atoms with E-state index < -0.39 is 0 Å². The van der Waals surface area contributed by atoms with Crippen molar-refractivity contribution >= 4 is 0 Å². The Labute approximate surface area is 123 Å². The molecule has 0 aliphatic heterocycles. The lowest BCUT2D eigenvalue weighted by Crippen LogP contribution is -2.15. The summed E-state index contributed by atoms with van der Waals surface area (Å²) in [5.41, 5.74) is 1.28. The quantitative estimate of drug-likeness (QED) is 0.847. The molecule has 0 saturated heterocycles. The Balaban J connectivity index is 1.28. The zero-order valence-electron chi connectivity index (χ0n) is 11.9. The van der Waals surface area contributed by atoms with Crippen LogP contribution in [0.1, 0.15) is 48.9 Å². The summed E-state index contributed by atoms with van der Waals surface area (Å²) in [5, 5.41) is 7.47. The molecule has 0 bridgehead atoms. The van der Waals surface area contributed by atoms with Crippen LogP contribution in [-0.4, -0.2) is 16.2 Å². The summed E-state index contributed by atoms with van der Waals surface area (Å²) < 4.78 is 10.9. The zero-order chi connectivity index (χ0) is 14.1. The van der Waals surface area contributed by atoms with E-state index >= 15 is 0 Å². The second kappa shape index (κ2) is 5.48. The Bertz CT molecular complexity index is 600. The van der Waals surface area contributed by atoms with Crippen LogP contribution in [0, 0.1) is 0 Å². The Hall–Kier alpha value is -1.88. The van der Waals surface area contributed by atoms with Gasteiger partial charge in [0.15, 0.2) is 12.4 Å². The van der Waals surface area contributed by atoms with Crippen LogP contribution in [0.4, 0.5) is 0 Å². The molecule has 1 aromatic carbocycles. The highest BCUT2D eigenvalue weighted by Crippen LogP contribution is 2.38. The highest BCUT2D eigenvalue weighted by Gasteiger charge is 2.28. The smallest absolute Gasteiger partial charge is 0.264 e. The predicted octanol–water partition coefficient (Wildman–Crippen LogP) is 2.78. The topological polar surface area (TPSA) is 60.2 Å². The van der Waals surface area contributed by atoms with Crippen LogP contribution < -0.4 is 10.1 Å². The van der Waals surface area contributed by atoms with E-state index in [-0.39, 0.29) is 0 Å². The molecule has 5 nitrogen and oxygen atoms in total. The van der Waals surface area contributed by atoms with E-state index in [0.717, 1.165) is 24.2 Å². The van der Waals surface area contributed by atoms with Gasteiger partial charge >= 0.3 is 0 Å². The molecule has 110 valence electrons. The van der Waals surface area contributed by atoms with Crippen molar-refractivity contribution in [2.24, 2.45) is 0 Å². The van der Waals surface area contributed by atoms with Crippen molar-refractivity contribution in [2.75, 3.05) is 0 Å². The lowest BCUT2D eigenvalue weighted by molar-refractivity contribution is 0.242. The summed E-state index contributed by atoms with van der Waals surface area (Å²) in [7, 11) is 0. The van der Waals surface area contributed by atoms with Crippen LogP contribution in [0.3, 0.4) is 0 Å². The van der Waals surface area contributed by atoms with Crippen molar-refractivity contribution in [3.63, 3.8) is 0 Å². The summed E-state index contributed by atoms with van der Waals surface area (Å²) in [5.74, 6) is 2.73. The number of ether oxygens (including phenoxy) is 1. The van der Waals surface area contributed by atoms with Gasteiger partial charge in [-0.05, 0) is 43.4 Å². The maximum Gasteiger partial charge on any atom is 0.264 e. The minimum Gasteiger partial charge on any atom is -0.484 e. The molecule has 0 spiro atoms. The van der Waals surface area contributed by atoms with Crippen molar-refractivity contribution in [3.8, 4) is 5.75 Å². The van der Waals surface area contributed by atoms with Gasteiger partial charge in [0.25, 0.3) is 5.89 Å². The first-order chi connectivity index (χ1) is 10.4. The average Bonchev–Trinajstić information content (AvgIpc) is 3.44. The van der Waals surface area contributed by atoms with Crippen LogP contribution in [0.5, 0.6) is 5.75 Å². The number of nitrogens with one attached hydrogen (secondary N) is 1. The van der Waals surface area contributed by atoms with Crippen LogP contribution in [0.25, 0.3) is 0 Å². The lowest BCUT2D eigenvalue weighted by atomic mass is 10.2. The first-order valence-electron chi connectivity index (χ1n) is 7.64. The molecule has 2 saturated carbocycles. The highest BCUT2D eigenvalue weighted by atomic mass is 16.5. The first kappa shape index (κ1) is 12.8. The summed E-state index contributed by atoms with van der Waals surface area (Å²) in [4.78, 5) is 4.35. The maximum atomic E-state index is 5.68. The third-order valence-electron chi connectivity index (χ3n) is 3.88. The summed E-state index contributed by atoms with van der Waals surface area (Å²) in [6.07, 6.45) is 4.98. The van der Waals surface area contributed by atoms with Gasteiger partial charge in [-0.25, -0.2) is 0 Å². The van der Waals surface area contributed by atoms with E-state index in [1.54, 1.807) is 0 Å². The Morgan fingerprint density at radius 3 is 2.67 bits per heavy atom. The molecule has 1 N–H and O–H groups in total. The second-order valence-electron chi connectivity index (χ2n) is 5.91. The van der Waals surface area contributed by atoms with Gasteiger partial charge < -0.3 is 14.6 Å². The van der Waals surface area contributed by atoms with E-state index in [4.69, 9.17) is 9.26 Å². The largest absolute Gasteiger partial charge is 0.484 e. The van der Waals surface area contributed by atoms with Crippen LogP contribution in [0.15, 0.2) is 28.8 Å². The van der Waals surface area contributed by atoms with E-state index in [9.17, 15) is 0 Å². The predicted molar refractivity (Wildman–Crippen MR) is 76.9 cm³/mol. The fraction of sp³-hybridized carbons (Fsp3) is 0.500. The van der Waals surface area contributed by atoms with Crippen LogP contribution >= 0.6 is 0 Å². The molecule has 0 amide bonds. The molecule has 1 heterocycles. The standard InChI is InChI=1S/C16H19N3O2/c1-7-14(8-2-11(1)9-17-13-5-6-13)20-10-15-18-16(19-21-15)12-3-4-12/h1-2,7-8,12-13,17H,3-6,9-10H2. The van der Waals surface area contributed by atoms with Crippen molar-refractivity contribution < 1.29 is 9.26 Å². The first-order valence-corrected chi connectivity index (χ1v) is 7.64. The molecule has 1 aromatic heterocycles. The van der Waals surface area contributed by atoms with Crippen molar-refractivity contribution in [1.82, 2.24) is 15.5 Å². The fourth-order valence-corrected chi connectivity index (χ4v) is 2.23. The SMILES string of the molecule is c1cc(OCc2nc(C3CC3)no2)ccc1CNC1CC1. The molecule has 4 rings (SSSR count). The van der Waals surface area contributed by atoms with Gasteiger partial charge in [0.05, 0.1) is 0 Å². The van der Waals surface area contributed by atoms with Gasteiger partial charge in [-0.15, -0.1) is 0 Å². The summed E-state index contributed by atoms with van der Waals surface area (Å²) >= 11 is 0. The van der Waals surface area contributed by atoms with Crippen molar-refractivity contribution in [1.29, 1.82) is 0 Å². The normalized spacial score (nSPS) is 17.9. The number of hydrogen-bond acceptors (Lipinski definition) is 5. The Morgan fingerprint density at radius 1 is 1.14 bits per heavy atom. The molecule has 0 radical (unpaired) electrons.